The maximum atomic E-state index is 7.24. The fraction of sp³-hybridized carbons (Fsp3) is 0.333. The number of para-hydroxylation sites is 1. The summed E-state index contributed by atoms with van der Waals surface area (Å²) in [5.41, 5.74) is 29.9. The number of hydrogen-bond donors (Lipinski definition) is 0. The number of nitrogens with zero attached hydrogens (tertiary/aromatic N) is 2. The summed E-state index contributed by atoms with van der Waals surface area (Å²) in [6, 6.07) is 55.5. The smallest absolute Gasteiger partial charge is 0.252 e. The van der Waals surface area contributed by atoms with Crippen LogP contribution in [-0.2, 0) is 32.5 Å². The van der Waals surface area contributed by atoms with Crippen LogP contribution in [0.1, 0.15) is 159 Å². The highest BCUT2D eigenvalue weighted by molar-refractivity contribution is 7.00. The third-order valence-corrected chi connectivity index (χ3v) is 20.8. The molecule has 76 heavy (non-hydrogen) atoms. The molecule has 0 spiro atoms. The van der Waals surface area contributed by atoms with Gasteiger partial charge in [0, 0.05) is 39.1 Å². The highest BCUT2D eigenvalue weighted by atomic mass is 16.3. The second kappa shape index (κ2) is 15.0. The Balaban J connectivity index is 1.15. The number of rotatable bonds is 3. The molecular weight excluding hydrogens is 920 g/mol. The van der Waals surface area contributed by atoms with Crippen molar-refractivity contribution in [3.05, 3.63) is 184 Å². The minimum Gasteiger partial charge on any atom is -0.456 e. The van der Waals surface area contributed by atoms with Crippen LogP contribution >= 0.6 is 0 Å². The summed E-state index contributed by atoms with van der Waals surface area (Å²) >= 11 is 0. The molecule has 378 valence electrons. The summed E-state index contributed by atoms with van der Waals surface area (Å²) in [6.07, 6.45) is 6.77. The SMILES string of the molecule is Cc1ccccc1-c1cc2c3c(c1)N1c4c(-c5ccccc5)cccc4C4(C)CCC(C)(C)c5cc6oc7ccc(c1c7c6cc54)B3c1cc3c(cc1N2c1ccc2c(c1)C(C)(C)CCC2(C)C)C(C)(C)CCC3(C)C. The van der Waals surface area contributed by atoms with Gasteiger partial charge in [-0.3, -0.25) is 0 Å². The minimum atomic E-state index is -0.296. The molecule has 0 fully saturated rings. The summed E-state index contributed by atoms with van der Waals surface area (Å²) in [6.45, 7) is 29.6. The molecule has 3 aliphatic carbocycles. The van der Waals surface area contributed by atoms with E-state index in [0.29, 0.717) is 0 Å². The van der Waals surface area contributed by atoms with Crippen LogP contribution in [0, 0.1) is 6.92 Å². The first-order valence-corrected chi connectivity index (χ1v) is 28.6. The molecule has 15 rings (SSSR count). The summed E-state index contributed by atoms with van der Waals surface area (Å²) in [4.78, 5) is 5.53. The molecule has 2 bridgehead atoms. The Kier molecular flexibility index (Phi) is 9.20. The average Bonchev–Trinajstić information content (AvgIpc) is 3.81. The van der Waals surface area contributed by atoms with Crippen LogP contribution in [0.4, 0.5) is 34.1 Å². The van der Waals surface area contributed by atoms with Crippen molar-refractivity contribution in [1.29, 1.82) is 0 Å². The van der Waals surface area contributed by atoms with Crippen molar-refractivity contribution in [2.75, 3.05) is 9.80 Å². The molecule has 1 unspecified atom stereocenters. The Morgan fingerprint density at radius 3 is 1.72 bits per heavy atom. The number of fused-ring (bicyclic) bond motifs is 9. The summed E-state index contributed by atoms with van der Waals surface area (Å²) in [7, 11) is 0. The number of aryl methyl sites for hydroxylation is 1. The van der Waals surface area contributed by atoms with Crippen molar-refractivity contribution >= 4 is 79.2 Å². The van der Waals surface area contributed by atoms with Crippen molar-refractivity contribution in [2.24, 2.45) is 0 Å². The molecule has 0 radical (unpaired) electrons. The molecule has 6 aliphatic rings. The van der Waals surface area contributed by atoms with E-state index in [4.69, 9.17) is 4.42 Å². The quantitative estimate of drug-likeness (QED) is 0.165. The van der Waals surface area contributed by atoms with Crippen molar-refractivity contribution in [3.8, 4) is 22.3 Å². The molecule has 0 saturated heterocycles. The van der Waals surface area contributed by atoms with Gasteiger partial charge < -0.3 is 14.2 Å². The van der Waals surface area contributed by atoms with E-state index in [1.807, 2.05) is 0 Å². The van der Waals surface area contributed by atoms with Gasteiger partial charge >= 0.3 is 0 Å². The van der Waals surface area contributed by atoms with E-state index >= 15 is 0 Å². The van der Waals surface area contributed by atoms with E-state index < -0.39 is 0 Å². The average molecular weight is 991 g/mol. The molecule has 8 aromatic carbocycles. The highest BCUT2D eigenvalue weighted by Gasteiger charge is 2.51. The first-order chi connectivity index (χ1) is 36.2. The summed E-state index contributed by atoms with van der Waals surface area (Å²) in [5, 5.41) is 2.44. The maximum absolute atomic E-state index is 7.24. The van der Waals surface area contributed by atoms with Gasteiger partial charge in [0.2, 0.25) is 0 Å². The Bertz CT molecular complexity index is 4030. The number of furan rings is 1. The Labute approximate surface area is 451 Å². The summed E-state index contributed by atoms with van der Waals surface area (Å²) < 4.78 is 7.24. The van der Waals surface area contributed by atoms with Crippen LogP contribution in [0.25, 0.3) is 44.2 Å². The molecule has 0 N–H and O–H groups in total. The lowest BCUT2D eigenvalue weighted by Gasteiger charge is -2.49. The van der Waals surface area contributed by atoms with Crippen molar-refractivity contribution < 1.29 is 4.42 Å². The van der Waals surface area contributed by atoms with Gasteiger partial charge in [0.15, 0.2) is 0 Å². The summed E-state index contributed by atoms with van der Waals surface area (Å²) in [5.74, 6) is 0. The second-order valence-corrected chi connectivity index (χ2v) is 27.7. The third-order valence-electron chi connectivity index (χ3n) is 20.8. The lowest BCUT2D eigenvalue weighted by molar-refractivity contribution is 0.332. The molecule has 1 aromatic heterocycles. The van der Waals surface area contributed by atoms with Gasteiger partial charge in [-0.1, -0.05) is 167 Å². The minimum absolute atomic E-state index is 0.0130. The Morgan fingerprint density at radius 2 is 1.01 bits per heavy atom. The first-order valence-electron chi connectivity index (χ1n) is 28.6. The van der Waals surface area contributed by atoms with Gasteiger partial charge in [-0.25, -0.2) is 0 Å². The first kappa shape index (κ1) is 46.5. The van der Waals surface area contributed by atoms with E-state index in [1.54, 1.807) is 0 Å². The van der Waals surface area contributed by atoms with Crippen molar-refractivity contribution in [1.82, 2.24) is 0 Å². The predicted molar refractivity (Wildman–Crippen MR) is 323 cm³/mol. The van der Waals surface area contributed by atoms with Gasteiger partial charge in [-0.2, -0.15) is 0 Å². The molecule has 0 saturated carbocycles. The lowest BCUT2D eigenvalue weighted by atomic mass is 9.33. The third kappa shape index (κ3) is 6.13. The van der Waals surface area contributed by atoms with Gasteiger partial charge in [-0.05, 0) is 199 Å². The van der Waals surface area contributed by atoms with Gasteiger partial charge in [0.1, 0.15) is 11.2 Å². The maximum Gasteiger partial charge on any atom is 0.252 e. The van der Waals surface area contributed by atoms with Crippen LogP contribution in [-0.4, -0.2) is 6.71 Å². The largest absolute Gasteiger partial charge is 0.456 e. The zero-order chi connectivity index (χ0) is 52.4. The number of benzene rings is 8. The van der Waals surface area contributed by atoms with E-state index in [9.17, 15) is 0 Å². The molecule has 0 amide bonds. The van der Waals surface area contributed by atoms with Crippen LogP contribution in [0.2, 0.25) is 0 Å². The highest BCUT2D eigenvalue weighted by Crippen LogP contribution is 2.60. The molecule has 4 heteroatoms. The molecule has 4 heterocycles. The Morgan fingerprint density at radius 1 is 0.408 bits per heavy atom. The second-order valence-electron chi connectivity index (χ2n) is 27.7. The zero-order valence-corrected chi connectivity index (χ0v) is 46.9. The monoisotopic (exact) mass is 991 g/mol. The lowest BCUT2D eigenvalue weighted by Crippen LogP contribution is -2.62. The normalized spacial score (nSPS) is 21.1. The van der Waals surface area contributed by atoms with Crippen LogP contribution in [0.3, 0.4) is 0 Å². The number of anilines is 6. The predicted octanol–water partition coefficient (Wildman–Crippen LogP) is 17.7. The van der Waals surface area contributed by atoms with Gasteiger partial charge in [0.25, 0.3) is 6.71 Å². The standard InChI is InChI=1S/C72H71BN2O/c1-42-19-16-17-22-46(42)44-35-59-64-60(36-44)75-65-47(43-20-14-13-15-21-43)23-18-24-50(65)72(12)34-33-71(10,11)54-41-62-48(38-55(54)72)63-61(76-62)28-27-56(66(63)75)73(64)57-39-52-53(70(8,9)32-31-69(52,6)7)40-58(57)74(59)45-25-26-49-51(37-45)68(4,5)30-29-67(49,2)3/h13-28,35-41H,29-34H2,1-12H3. The van der Waals surface area contributed by atoms with E-state index in [1.165, 1.54) is 134 Å². The van der Waals surface area contributed by atoms with Crippen LogP contribution in [0.5, 0.6) is 0 Å². The fourth-order valence-corrected chi connectivity index (χ4v) is 15.9. The molecule has 9 aromatic rings. The van der Waals surface area contributed by atoms with E-state index in [2.05, 4.69) is 232 Å². The van der Waals surface area contributed by atoms with Crippen LogP contribution < -0.4 is 26.2 Å². The fourth-order valence-electron chi connectivity index (χ4n) is 15.9. The molecule has 3 nitrogen and oxygen atoms in total. The van der Waals surface area contributed by atoms with Gasteiger partial charge in [-0.15, -0.1) is 0 Å². The topological polar surface area (TPSA) is 19.6 Å². The van der Waals surface area contributed by atoms with Gasteiger partial charge in [0.05, 0.1) is 16.8 Å². The molecule has 3 aliphatic heterocycles. The van der Waals surface area contributed by atoms with E-state index in [-0.39, 0.29) is 39.2 Å². The Hall–Kier alpha value is -6.78. The van der Waals surface area contributed by atoms with E-state index in [0.717, 1.165) is 43.3 Å². The van der Waals surface area contributed by atoms with Crippen LogP contribution in [0.15, 0.2) is 144 Å². The molecular formula is C72H71BN2O. The molecule has 1 atom stereocenters. The van der Waals surface area contributed by atoms with Crippen molar-refractivity contribution in [3.63, 3.8) is 0 Å². The van der Waals surface area contributed by atoms with Crippen molar-refractivity contribution in [2.45, 2.75) is 154 Å². The number of hydrogen-bond acceptors (Lipinski definition) is 3. The zero-order valence-electron chi connectivity index (χ0n) is 46.9.